The number of hydrogen-bond acceptors (Lipinski definition) is 4. The third-order valence-corrected chi connectivity index (χ3v) is 2.43. The van der Waals surface area contributed by atoms with Crippen molar-refractivity contribution in [3.05, 3.63) is 0 Å². The second kappa shape index (κ2) is 6.83. The van der Waals surface area contributed by atoms with Crippen molar-refractivity contribution in [2.24, 2.45) is 5.73 Å². The van der Waals surface area contributed by atoms with E-state index in [9.17, 15) is 4.79 Å². The molecule has 0 aliphatic carbocycles. The number of carboxylic acids is 1. The van der Waals surface area contributed by atoms with Gasteiger partial charge in [0.05, 0.1) is 12.7 Å². The van der Waals surface area contributed by atoms with E-state index in [1.807, 2.05) is 25.8 Å². The number of aliphatic carboxylic acids is 1. The first-order valence-electron chi connectivity index (χ1n) is 5.58. The fourth-order valence-electron chi connectivity index (χ4n) is 1.09. The average Bonchev–Trinajstić information content (AvgIpc) is 2.14. The quantitative estimate of drug-likeness (QED) is 0.638. The summed E-state index contributed by atoms with van der Waals surface area (Å²) in [5.41, 5.74) is 4.48. The Balaban J connectivity index is 3.73. The third-order valence-electron chi connectivity index (χ3n) is 2.43. The molecule has 0 aromatic rings. The van der Waals surface area contributed by atoms with Gasteiger partial charge in [0.15, 0.2) is 0 Å². The van der Waals surface area contributed by atoms with E-state index in [1.54, 1.807) is 0 Å². The maximum absolute atomic E-state index is 10.8. The van der Waals surface area contributed by atoms with Crippen LogP contribution in [0.5, 0.6) is 0 Å². The summed E-state index contributed by atoms with van der Waals surface area (Å²) in [7, 11) is 1.93. The lowest BCUT2D eigenvalue weighted by molar-refractivity contribution is -0.143. The topological polar surface area (TPSA) is 75.8 Å². The molecule has 16 heavy (non-hydrogen) atoms. The zero-order valence-corrected chi connectivity index (χ0v) is 10.7. The van der Waals surface area contributed by atoms with Gasteiger partial charge in [0.2, 0.25) is 0 Å². The molecule has 96 valence electrons. The molecular formula is C11H24N2O3. The standard InChI is InChI=1S/C11H24N2O3/c1-9(2)16-8-7-13(4)6-5-11(3,12)10(14)15/h9H,5-8,12H2,1-4H3,(H,14,15). The van der Waals surface area contributed by atoms with Crippen molar-refractivity contribution in [1.29, 1.82) is 0 Å². The highest BCUT2D eigenvalue weighted by Crippen LogP contribution is 2.06. The van der Waals surface area contributed by atoms with Crippen molar-refractivity contribution in [1.82, 2.24) is 4.90 Å². The van der Waals surface area contributed by atoms with Gasteiger partial charge in [-0.15, -0.1) is 0 Å². The van der Waals surface area contributed by atoms with Gasteiger partial charge < -0.3 is 20.5 Å². The van der Waals surface area contributed by atoms with Gasteiger partial charge in [-0.2, -0.15) is 0 Å². The summed E-state index contributed by atoms with van der Waals surface area (Å²) >= 11 is 0. The Morgan fingerprint density at radius 2 is 2.06 bits per heavy atom. The lowest BCUT2D eigenvalue weighted by Gasteiger charge is -2.23. The van der Waals surface area contributed by atoms with E-state index in [-0.39, 0.29) is 6.10 Å². The molecule has 1 atom stereocenters. The number of nitrogens with two attached hydrogens (primary N) is 1. The molecule has 0 saturated carbocycles. The van der Waals surface area contributed by atoms with E-state index in [0.29, 0.717) is 19.6 Å². The summed E-state index contributed by atoms with van der Waals surface area (Å²) in [6.45, 7) is 7.60. The van der Waals surface area contributed by atoms with Crippen molar-refractivity contribution in [3.63, 3.8) is 0 Å². The van der Waals surface area contributed by atoms with Gasteiger partial charge in [-0.05, 0) is 34.2 Å². The van der Waals surface area contributed by atoms with Crippen LogP contribution in [0.1, 0.15) is 27.2 Å². The first kappa shape index (κ1) is 15.3. The molecule has 3 N–H and O–H groups in total. The van der Waals surface area contributed by atoms with Gasteiger partial charge in [-0.25, -0.2) is 0 Å². The number of carboxylic acid groups (broad SMARTS) is 1. The van der Waals surface area contributed by atoms with Gasteiger partial charge in [0.1, 0.15) is 5.54 Å². The Morgan fingerprint density at radius 3 is 2.50 bits per heavy atom. The highest BCUT2D eigenvalue weighted by Gasteiger charge is 2.27. The predicted molar refractivity (Wildman–Crippen MR) is 63.4 cm³/mol. The molecule has 0 aliphatic rings. The summed E-state index contributed by atoms with van der Waals surface area (Å²) in [6, 6.07) is 0. The van der Waals surface area contributed by atoms with E-state index in [2.05, 4.69) is 0 Å². The number of carbonyl (C=O) groups is 1. The monoisotopic (exact) mass is 232 g/mol. The van der Waals surface area contributed by atoms with Gasteiger partial charge in [0.25, 0.3) is 0 Å². The van der Waals surface area contributed by atoms with Crippen LogP contribution in [-0.2, 0) is 9.53 Å². The summed E-state index contributed by atoms with van der Waals surface area (Å²) in [4.78, 5) is 12.8. The number of ether oxygens (including phenoxy) is 1. The van der Waals surface area contributed by atoms with E-state index >= 15 is 0 Å². The van der Waals surface area contributed by atoms with Crippen LogP contribution in [0.25, 0.3) is 0 Å². The number of nitrogens with zero attached hydrogens (tertiary/aromatic N) is 1. The second-order valence-corrected chi connectivity index (χ2v) is 4.70. The molecule has 0 aromatic carbocycles. The van der Waals surface area contributed by atoms with Crippen molar-refractivity contribution >= 4 is 5.97 Å². The molecule has 0 saturated heterocycles. The molecule has 0 spiro atoms. The summed E-state index contributed by atoms with van der Waals surface area (Å²) in [5.74, 6) is -0.959. The zero-order chi connectivity index (χ0) is 12.8. The molecule has 0 aromatic heterocycles. The molecule has 0 bridgehead atoms. The van der Waals surface area contributed by atoms with Crippen LogP contribution in [0.4, 0.5) is 0 Å². The van der Waals surface area contributed by atoms with E-state index in [0.717, 1.165) is 6.54 Å². The lowest BCUT2D eigenvalue weighted by atomic mass is 10.00. The molecule has 0 heterocycles. The van der Waals surface area contributed by atoms with Crippen LogP contribution in [0.3, 0.4) is 0 Å². The molecular weight excluding hydrogens is 208 g/mol. The predicted octanol–water partition coefficient (Wildman–Crippen LogP) is 0.535. The Kier molecular flexibility index (Phi) is 6.55. The van der Waals surface area contributed by atoms with Crippen LogP contribution < -0.4 is 5.73 Å². The van der Waals surface area contributed by atoms with Crippen LogP contribution in [0, 0.1) is 0 Å². The Hall–Kier alpha value is -0.650. The Labute approximate surface area is 97.6 Å². The zero-order valence-electron chi connectivity index (χ0n) is 10.7. The minimum atomic E-state index is -1.15. The molecule has 1 unspecified atom stereocenters. The van der Waals surface area contributed by atoms with E-state index in [1.165, 1.54) is 6.92 Å². The maximum atomic E-state index is 10.8. The van der Waals surface area contributed by atoms with Crippen molar-refractivity contribution in [2.45, 2.75) is 38.8 Å². The molecule has 0 rings (SSSR count). The first-order valence-corrected chi connectivity index (χ1v) is 5.58. The normalized spacial score (nSPS) is 15.4. The summed E-state index contributed by atoms with van der Waals surface area (Å²) < 4.78 is 5.40. The molecule has 0 fully saturated rings. The minimum Gasteiger partial charge on any atom is -0.480 e. The van der Waals surface area contributed by atoms with Gasteiger partial charge in [-0.1, -0.05) is 0 Å². The SMILES string of the molecule is CC(C)OCCN(C)CCC(C)(N)C(=O)O. The summed E-state index contributed by atoms with van der Waals surface area (Å²) in [5, 5.41) is 8.83. The smallest absolute Gasteiger partial charge is 0.323 e. The minimum absolute atomic E-state index is 0.229. The highest BCUT2D eigenvalue weighted by atomic mass is 16.5. The highest BCUT2D eigenvalue weighted by molar-refractivity contribution is 5.77. The molecule has 5 heteroatoms. The number of hydrogen-bond donors (Lipinski definition) is 2. The molecule has 0 aliphatic heterocycles. The first-order chi connectivity index (χ1) is 7.25. The Morgan fingerprint density at radius 1 is 1.50 bits per heavy atom. The molecule has 0 radical (unpaired) electrons. The average molecular weight is 232 g/mol. The Bertz CT molecular complexity index is 217. The van der Waals surface area contributed by atoms with Crippen molar-refractivity contribution in [2.75, 3.05) is 26.7 Å². The van der Waals surface area contributed by atoms with Crippen LogP contribution in [-0.4, -0.2) is 54.4 Å². The van der Waals surface area contributed by atoms with E-state index in [4.69, 9.17) is 15.6 Å². The number of rotatable bonds is 8. The van der Waals surface area contributed by atoms with Crippen LogP contribution >= 0.6 is 0 Å². The third kappa shape index (κ3) is 6.76. The fourth-order valence-corrected chi connectivity index (χ4v) is 1.09. The molecule has 5 nitrogen and oxygen atoms in total. The van der Waals surface area contributed by atoms with Crippen molar-refractivity contribution < 1.29 is 14.6 Å². The summed E-state index contributed by atoms with van der Waals surface area (Å²) in [6.07, 6.45) is 0.660. The van der Waals surface area contributed by atoms with Crippen LogP contribution in [0.15, 0.2) is 0 Å². The van der Waals surface area contributed by atoms with Gasteiger partial charge in [0, 0.05) is 13.1 Å². The maximum Gasteiger partial charge on any atom is 0.323 e. The number of likely N-dealkylation sites (N-methyl/N-ethyl adjacent to an activating group) is 1. The largest absolute Gasteiger partial charge is 0.480 e. The van der Waals surface area contributed by atoms with Crippen LogP contribution in [0.2, 0.25) is 0 Å². The van der Waals surface area contributed by atoms with Crippen molar-refractivity contribution in [3.8, 4) is 0 Å². The lowest BCUT2D eigenvalue weighted by Crippen LogP contribution is -2.47. The van der Waals surface area contributed by atoms with E-state index < -0.39 is 11.5 Å². The van der Waals surface area contributed by atoms with Gasteiger partial charge >= 0.3 is 5.97 Å². The fraction of sp³-hybridized carbons (Fsp3) is 0.909. The second-order valence-electron chi connectivity index (χ2n) is 4.70. The van der Waals surface area contributed by atoms with Gasteiger partial charge in [-0.3, -0.25) is 4.79 Å². The molecule has 0 amide bonds.